The highest BCUT2D eigenvalue weighted by molar-refractivity contribution is 6.35. The van der Waals surface area contributed by atoms with Gasteiger partial charge < -0.3 is 4.74 Å². The Bertz CT molecular complexity index is 909. The van der Waals surface area contributed by atoms with E-state index in [1.165, 1.54) is 12.1 Å². The van der Waals surface area contributed by atoms with Crippen LogP contribution in [0.1, 0.15) is 40.0 Å². The molecule has 1 aliphatic heterocycles. The standard InChI is InChI=1S/C20H23Cl2N3O5/c1-18-8-19(2,16(28)23-15(18)27)10-20(3,9-18)17(29)25-24-14(26)7-30-13-5-4-11(21)6-12(13)22/h4-6H,7-10H2,1-3H3,(H,24,26)(H,25,29)(H,23,27,28). The van der Waals surface area contributed by atoms with E-state index in [1.54, 1.807) is 26.8 Å². The summed E-state index contributed by atoms with van der Waals surface area (Å²) in [6, 6.07) is 4.58. The molecule has 0 radical (unpaired) electrons. The van der Waals surface area contributed by atoms with E-state index in [-0.39, 0.29) is 42.0 Å². The molecule has 2 unspecified atom stereocenters. The second kappa shape index (κ2) is 7.74. The number of hydrazine groups is 1. The van der Waals surface area contributed by atoms with Crippen molar-refractivity contribution in [3.8, 4) is 5.75 Å². The fraction of sp³-hybridized carbons (Fsp3) is 0.500. The highest BCUT2D eigenvalue weighted by Crippen LogP contribution is 2.56. The first-order valence-corrected chi connectivity index (χ1v) is 10.2. The van der Waals surface area contributed by atoms with Crippen molar-refractivity contribution in [3.63, 3.8) is 0 Å². The molecule has 2 bridgehead atoms. The van der Waals surface area contributed by atoms with Crippen molar-refractivity contribution < 1.29 is 23.9 Å². The molecular formula is C20H23Cl2N3O5. The number of amides is 4. The summed E-state index contributed by atoms with van der Waals surface area (Å²) in [6.45, 7) is 4.81. The molecule has 2 fully saturated rings. The first-order chi connectivity index (χ1) is 13.9. The van der Waals surface area contributed by atoms with Gasteiger partial charge in [0.2, 0.25) is 17.7 Å². The number of piperidine rings is 1. The zero-order chi connectivity index (χ0) is 22.3. The van der Waals surface area contributed by atoms with Crippen molar-refractivity contribution >= 4 is 46.8 Å². The van der Waals surface area contributed by atoms with Gasteiger partial charge in [0.25, 0.3) is 5.91 Å². The molecule has 1 saturated heterocycles. The summed E-state index contributed by atoms with van der Waals surface area (Å²) in [6.07, 6.45) is 0.899. The van der Waals surface area contributed by atoms with Crippen LogP contribution in [0.2, 0.25) is 10.0 Å². The van der Waals surface area contributed by atoms with Gasteiger partial charge in [-0.15, -0.1) is 0 Å². The third-order valence-corrected chi connectivity index (χ3v) is 6.31. The van der Waals surface area contributed by atoms with E-state index in [0.717, 1.165) is 0 Å². The van der Waals surface area contributed by atoms with Crippen LogP contribution < -0.4 is 20.9 Å². The van der Waals surface area contributed by atoms with Gasteiger partial charge in [-0.05, 0) is 37.5 Å². The monoisotopic (exact) mass is 455 g/mol. The highest BCUT2D eigenvalue weighted by atomic mass is 35.5. The Morgan fingerprint density at radius 2 is 1.63 bits per heavy atom. The third kappa shape index (κ3) is 4.25. The topological polar surface area (TPSA) is 114 Å². The fourth-order valence-corrected chi connectivity index (χ4v) is 5.17. The molecule has 1 aromatic rings. The second-order valence-corrected chi connectivity index (χ2v) is 9.70. The summed E-state index contributed by atoms with van der Waals surface area (Å²) in [4.78, 5) is 49.7. The molecule has 162 valence electrons. The number of benzene rings is 1. The van der Waals surface area contributed by atoms with E-state index >= 15 is 0 Å². The molecule has 2 aliphatic rings. The first kappa shape index (κ1) is 22.4. The van der Waals surface area contributed by atoms with Crippen LogP contribution in [-0.4, -0.2) is 30.2 Å². The van der Waals surface area contributed by atoms with Crippen molar-refractivity contribution in [2.24, 2.45) is 16.2 Å². The van der Waals surface area contributed by atoms with E-state index in [9.17, 15) is 19.2 Å². The number of imide groups is 1. The summed E-state index contributed by atoms with van der Waals surface area (Å²) in [7, 11) is 0. The Morgan fingerprint density at radius 1 is 1.03 bits per heavy atom. The maximum Gasteiger partial charge on any atom is 0.276 e. The Balaban J connectivity index is 1.60. The largest absolute Gasteiger partial charge is 0.482 e. The van der Waals surface area contributed by atoms with Gasteiger partial charge in [-0.3, -0.25) is 35.3 Å². The molecule has 10 heteroatoms. The summed E-state index contributed by atoms with van der Waals surface area (Å²) < 4.78 is 5.33. The van der Waals surface area contributed by atoms with Crippen LogP contribution in [0, 0.1) is 16.2 Å². The van der Waals surface area contributed by atoms with Gasteiger partial charge in [0.05, 0.1) is 10.4 Å². The van der Waals surface area contributed by atoms with Crippen LogP contribution in [0.5, 0.6) is 5.75 Å². The number of hydrogen-bond acceptors (Lipinski definition) is 5. The van der Waals surface area contributed by atoms with E-state index < -0.39 is 28.1 Å². The fourth-order valence-electron chi connectivity index (χ4n) is 4.71. The van der Waals surface area contributed by atoms with E-state index in [4.69, 9.17) is 27.9 Å². The summed E-state index contributed by atoms with van der Waals surface area (Å²) in [5, 5.41) is 3.10. The van der Waals surface area contributed by atoms with Crippen molar-refractivity contribution in [3.05, 3.63) is 28.2 Å². The molecule has 1 heterocycles. The number of ether oxygens (including phenoxy) is 1. The van der Waals surface area contributed by atoms with E-state index in [2.05, 4.69) is 16.2 Å². The lowest BCUT2D eigenvalue weighted by Gasteiger charge is -2.53. The van der Waals surface area contributed by atoms with Gasteiger partial charge in [0.1, 0.15) is 5.75 Å². The lowest BCUT2D eigenvalue weighted by Crippen LogP contribution is -2.64. The van der Waals surface area contributed by atoms with Gasteiger partial charge in [-0.25, -0.2) is 0 Å². The molecular weight excluding hydrogens is 433 g/mol. The van der Waals surface area contributed by atoms with E-state index in [0.29, 0.717) is 11.4 Å². The van der Waals surface area contributed by atoms with Crippen LogP contribution >= 0.6 is 23.2 Å². The van der Waals surface area contributed by atoms with Gasteiger partial charge in [0, 0.05) is 15.9 Å². The minimum Gasteiger partial charge on any atom is -0.482 e. The summed E-state index contributed by atoms with van der Waals surface area (Å²) in [5.41, 5.74) is 2.00. The molecule has 30 heavy (non-hydrogen) atoms. The molecule has 1 aliphatic carbocycles. The highest BCUT2D eigenvalue weighted by Gasteiger charge is 2.60. The van der Waals surface area contributed by atoms with Crippen molar-refractivity contribution in [2.75, 3.05) is 6.61 Å². The Labute approximate surface area is 184 Å². The molecule has 3 rings (SSSR count). The van der Waals surface area contributed by atoms with Crippen molar-refractivity contribution in [2.45, 2.75) is 40.0 Å². The molecule has 3 N–H and O–H groups in total. The number of rotatable bonds is 4. The van der Waals surface area contributed by atoms with E-state index in [1.807, 2.05) is 0 Å². The number of halogens is 2. The average Bonchev–Trinajstić information content (AvgIpc) is 2.63. The van der Waals surface area contributed by atoms with Gasteiger partial charge in [-0.1, -0.05) is 44.0 Å². The molecule has 2 atom stereocenters. The van der Waals surface area contributed by atoms with Crippen molar-refractivity contribution in [1.29, 1.82) is 0 Å². The SMILES string of the molecule is CC1(C(=O)NNC(=O)COc2ccc(Cl)cc2Cl)CC2(C)CC(C)(C1)C(=O)NC2=O. The van der Waals surface area contributed by atoms with Crippen LogP contribution in [-0.2, 0) is 19.2 Å². The minimum atomic E-state index is -1.01. The normalized spacial score (nSPS) is 30.3. The molecule has 1 saturated carbocycles. The van der Waals surface area contributed by atoms with Crippen LogP contribution in [0.4, 0.5) is 0 Å². The Hall–Kier alpha value is -2.32. The average molecular weight is 456 g/mol. The number of carbonyl (C=O) groups excluding carboxylic acids is 4. The lowest BCUT2D eigenvalue weighted by atomic mass is 9.52. The Kier molecular flexibility index (Phi) is 5.77. The number of nitrogens with one attached hydrogen (secondary N) is 3. The predicted octanol–water partition coefficient (Wildman–Crippen LogP) is 2.38. The number of hydrogen-bond donors (Lipinski definition) is 3. The van der Waals surface area contributed by atoms with Crippen LogP contribution in [0.25, 0.3) is 0 Å². The molecule has 8 nitrogen and oxygen atoms in total. The molecule has 0 aromatic heterocycles. The zero-order valence-electron chi connectivity index (χ0n) is 16.9. The van der Waals surface area contributed by atoms with Crippen molar-refractivity contribution in [1.82, 2.24) is 16.2 Å². The quantitative estimate of drug-likeness (QED) is 0.476. The zero-order valence-corrected chi connectivity index (χ0v) is 18.4. The molecule has 4 amide bonds. The second-order valence-electron chi connectivity index (χ2n) is 8.86. The molecule has 1 aromatic carbocycles. The summed E-state index contributed by atoms with van der Waals surface area (Å²) >= 11 is 11.8. The summed E-state index contributed by atoms with van der Waals surface area (Å²) in [5.74, 6) is -1.54. The first-order valence-electron chi connectivity index (χ1n) is 9.40. The van der Waals surface area contributed by atoms with Crippen LogP contribution in [0.15, 0.2) is 18.2 Å². The Morgan fingerprint density at radius 3 is 2.20 bits per heavy atom. The maximum atomic E-state index is 12.9. The number of carbonyl (C=O) groups is 4. The number of fused-ring (bicyclic) bond motifs is 2. The van der Waals surface area contributed by atoms with Crippen LogP contribution in [0.3, 0.4) is 0 Å². The van der Waals surface area contributed by atoms with Gasteiger partial charge in [0.15, 0.2) is 6.61 Å². The third-order valence-electron chi connectivity index (χ3n) is 5.78. The molecule has 0 spiro atoms. The van der Waals surface area contributed by atoms with Gasteiger partial charge in [-0.2, -0.15) is 0 Å². The lowest BCUT2D eigenvalue weighted by molar-refractivity contribution is -0.165. The minimum absolute atomic E-state index is 0.255. The predicted molar refractivity (Wildman–Crippen MR) is 110 cm³/mol. The van der Waals surface area contributed by atoms with Gasteiger partial charge >= 0.3 is 0 Å². The smallest absolute Gasteiger partial charge is 0.276 e. The maximum absolute atomic E-state index is 12.9.